The van der Waals surface area contributed by atoms with Gasteiger partial charge in [-0.25, -0.2) is 10.4 Å². The highest BCUT2D eigenvalue weighted by atomic mass is 35.5. The van der Waals surface area contributed by atoms with Crippen molar-refractivity contribution in [3.8, 4) is 17.0 Å². The summed E-state index contributed by atoms with van der Waals surface area (Å²) in [5.41, 5.74) is 4.22. The number of methoxy groups -OCH3 is 1. The fourth-order valence-electron chi connectivity index (χ4n) is 2.21. The summed E-state index contributed by atoms with van der Waals surface area (Å²) in [6, 6.07) is 13.8. The van der Waals surface area contributed by atoms with Crippen LogP contribution in [-0.4, -0.2) is 23.3 Å². The quantitative estimate of drug-likeness (QED) is 0.507. The summed E-state index contributed by atoms with van der Waals surface area (Å²) in [4.78, 5) is 18.8. The molecule has 0 unspecified atom stereocenters. The van der Waals surface area contributed by atoms with Gasteiger partial charge in [0.15, 0.2) is 0 Å². The largest absolute Gasteiger partial charge is 0.497 e. The zero-order chi connectivity index (χ0) is 18.5. The number of aromatic nitrogens is 2. The topological polar surface area (TPSA) is 79.4 Å². The van der Waals surface area contributed by atoms with Crippen molar-refractivity contribution in [2.75, 3.05) is 12.5 Å². The molecule has 6 nitrogen and oxygen atoms in total. The highest BCUT2D eigenvalue weighted by Gasteiger charge is 2.05. The van der Waals surface area contributed by atoms with E-state index in [0.717, 1.165) is 11.3 Å². The third kappa shape index (κ3) is 4.22. The molecule has 0 bridgehead atoms. The van der Waals surface area contributed by atoms with Crippen LogP contribution in [0.3, 0.4) is 0 Å². The Kier molecular flexibility index (Phi) is 5.55. The first kappa shape index (κ1) is 18.0. The second-order valence-corrected chi connectivity index (χ2v) is 6.03. The Labute approximate surface area is 159 Å². The highest BCUT2D eigenvalue weighted by Crippen LogP contribution is 2.22. The molecule has 0 aliphatic heterocycles. The van der Waals surface area contributed by atoms with Gasteiger partial charge in [-0.1, -0.05) is 29.3 Å². The number of H-pyrrole nitrogens is 1. The number of aromatic amines is 1. The van der Waals surface area contributed by atoms with Crippen LogP contribution in [0.15, 0.2) is 58.4 Å². The molecule has 8 heteroatoms. The Morgan fingerprint density at radius 2 is 1.85 bits per heavy atom. The van der Waals surface area contributed by atoms with Crippen LogP contribution in [-0.2, 0) is 0 Å². The van der Waals surface area contributed by atoms with E-state index in [1.165, 1.54) is 12.3 Å². The van der Waals surface area contributed by atoms with Gasteiger partial charge >= 0.3 is 0 Å². The maximum Gasteiger partial charge on any atom is 0.252 e. The third-order valence-corrected chi connectivity index (χ3v) is 4.15. The Hall–Kier alpha value is -2.83. The van der Waals surface area contributed by atoms with E-state index in [1.54, 1.807) is 37.4 Å². The normalized spacial score (nSPS) is 10.9. The average Bonchev–Trinajstić information content (AvgIpc) is 2.64. The van der Waals surface area contributed by atoms with Crippen LogP contribution in [0.4, 0.5) is 5.95 Å². The first-order valence-corrected chi connectivity index (χ1v) is 8.31. The zero-order valence-electron chi connectivity index (χ0n) is 13.7. The number of ether oxygens (including phenoxy) is 1. The molecular weight excluding hydrogens is 375 g/mol. The molecular formula is C18H14Cl2N4O2. The van der Waals surface area contributed by atoms with E-state index in [1.807, 2.05) is 12.1 Å². The lowest BCUT2D eigenvalue weighted by Gasteiger charge is -2.05. The van der Waals surface area contributed by atoms with E-state index in [2.05, 4.69) is 20.5 Å². The van der Waals surface area contributed by atoms with E-state index in [4.69, 9.17) is 27.9 Å². The number of hydrogen-bond acceptors (Lipinski definition) is 5. The van der Waals surface area contributed by atoms with E-state index in [-0.39, 0.29) is 11.5 Å². The number of halogens is 2. The maximum atomic E-state index is 11.9. The lowest BCUT2D eigenvalue weighted by molar-refractivity contribution is 0.415. The number of anilines is 1. The predicted molar refractivity (Wildman–Crippen MR) is 105 cm³/mol. The third-order valence-electron chi connectivity index (χ3n) is 3.49. The van der Waals surface area contributed by atoms with Crippen molar-refractivity contribution in [2.24, 2.45) is 5.10 Å². The number of nitrogens with zero attached hydrogens (tertiary/aromatic N) is 2. The zero-order valence-corrected chi connectivity index (χ0v) is 15.2. The summed E-state index contributed by atoms with van der Waals surface area (Å²) in [6.07, 6.45) is 1.46. The summed E-state index contributed by atoms with van der Waals surface area (Å²) in [6.45, 7) is 0. The standard InChI is InChI=1S/C18H14Cl2N4O2/c1-26-12-7-5-11(6-8-12)16-9-17(25)23-18(22-16)24-21-10-13-14(19)3-2-4-15(13)20/h2-10H,1H3,(H2,22,23,24,25)/b21-10-. The van der Waals surface area contributed by atoms with E-state index < -0.39 is 0 Å². The van der Waals surface area contributed by atoms with E-state index in [0.29, 0.717) is 21.3 Å². The average molecular weight is 389 g/mol. The summed E-state index contributed by atoms with van der Waals surface area (Å²) >= 11 is 12.2. The number of hydrogen-bond donors (Lipinski definition) is 2. The van der Waals surface area contributed by atoms with Gasteiger partial charge in [-0.3, -0.25) is 9.78 Å². The number of nitrogens with one attached hydrogen (secondary N) is 2. The Morgan fingerprint density at radius 1 is 1.15 bits per heavy atom. The van der Waals surface area contributed by atoms with Gasteiger partial charge in [0.2, 0.25) is 5.95 Å². The van der Waals surface area contributed by atoms with Crippen LogP contribution < -0.4 is 15.7 Å². The first-order chi connectivity index (χ1) is 12.6. The summed E-state index contributed by atoms with van der Waals surface area (Å²) in [7, 11) is 1.59. The van der Waals surface area contributed by atoms with Crippen molar-refractivity contribution in [1.29, 1.82) is 0 Å². The van der Waals surface area contributed by atoms with Gasteiger partial charge < -0.3 is 4.74 Å². The van der Waals surface area contributed by atoms with Gasteiger partial charge in [0.05, 0.1) is 29.1 Å². The second-order valence-electron chi connectivity index (χ2n) is 5.21. The molecule has 26 heavy (non-hydrogen) atoms. The van der Waals surface area contributed by atoms with Crippen molar-refractivity contribution < 1.29 is 4.74 Å². The lowest BCUT2D eigenvalue weighted by Crippen LogP contribution is -2.10. The molecule has 0 saturated heterocycles. The molecule has 0 amide bonds. The van der Waals surface area contributed by atoms with Gasteiger partial charge in [-0.15, -0.1) is 0 Å². The van der Waals surface area contributed by atoms with E-state index in [9.17, 15) is 4.79 Å². The minimum absolute atomic E-state index is 0.197. The fraction of sp³-hybridized carbons (Fsp3) is 0.0556. The SMILES string of the molecule is COc1ccc(-c2cc(=O)[nH]c(N/N=C\c3c(Cl)cccc3Cl)n2)cc1. The minimum Gasteiger partial charge on any atom is -0.497 e. The van der Waals surface area contributed by atoms with Crippen molar-refractivity contribution in [3.05, 3.63) is 74.5 Å². The molecule has 0 aliphatic carbocycles. The number of rotatable bonds is 5. The molecule has 3 rings (SSSR count). The van der Waals surface area contributed by atoms with Crippen molar-refractivity contribution in [3.63, 3.8) is 0 Å². The van der Waals surface area contributed by atoms with Crippen LogP contribution in [0.25, 0.3) is 11.3 Å². The molecule has 1 heterocycles. The molecule has 2 N–H and O–H groups in total. The van der Waals surface area contributed by atoms with Crippen LogP contribution >= 0.6 is 23.2 Å². The molecule has 1 aromatic heterocycles. The van der Waals surface area contributed by atoms with Crippen molar-refractivity contribution in [1.82, 2.24) is 9.97 Å². The molecule has 0 saturated carbocycles. The molecule has 0 fully saturated rings. The smallest absolute Gasteiger partial charge is 0.252 e. The van der Waals surface area contributed by atoms with Gasteiger partial charge in [0.1, 0.15) is 5.75 Å². The predicted octanol–water partition coefficient (Wildman–Crippen LogP) is 4.20. The summed E-state index contributed by atoms with van der Waals surface area (Å²) in [5.74, 6) is 0.918. The Balaban J connectivity index is 1.83. The monoisotopic (exact) mass is 388 g/mol. The first-order valence-electron chi connectivity index (χ1n) is 7.55. The van der Waals surface area contributed by atoms with Gasteiger partial charge in [0, 0.05) is 17.2 Å². The van der Waals surface area contributed by atoms with Gasteiger partial charge in [-0.05, 0) is 36.4 Å². The van der Waals surface area contributed by atoms with Crippen molar-refractivity contribution >= 4 is 35.4 Å². The Bertz CT molecular complexity index is 981. The molecule has 0 radical (unpaired) electrons. The maximum absolute atomic E-state index is 11.9. The van der Waals surface area contributed by atoms with E-state index >= 15 is 0 Å². The number of hydrazone groups is 1. The molecule has 0 atom stereocenters. The minimum atomic E-state index is -0.306. The molecule has 3 aromatic rings. The Morgan fingerprint density at radius 3 is 2.50 bits per heavy atom. The molecule has 132 valence electrons. The van der Waals surface area contributed by atoms with Crippen LogP contribution in [0, 0.1) is 0 Å². The molecule has 0 spiro atoms. The van der Waals surface area contributed by atoms with Crippen LogP contribution in [0.1, 0.15) is 5.56 Å². The highest BCUT2D eigenvalue weighted by molar-refractivity contribution is 6.38. The number of benzene rings is 2. The van der Waals surface area contributed by atoms with Crippen LogP contribution in [0.5, 0.6) is 5.75 Å². The summed E-state index contributed by atoms with van der Waals surface area (Å²) < 4.78 is 5.13. The fourth-order valence-corrected chi connectivity index (χ4v) is 2.71. The van der Waals surface area contributed by atoms with Gasteiger partial charge in [-0.2, -0.15) is 5.10 Å². The molecule has 0 aliphatic rings. The molecule has 2 aromatic carbocycles. The summed E-state index contributed by atoms with van der Waals surface area (Å²) in [5, 5.41) is 4.98. The van der Waals surface area contributed by atoms with Crippen molar-refractivity contribution in [2.45, 2.75) is 0 Å². The lowest BCUT2D eigenvalue weighted by atomic mass is 10.1. The van der Waals surface area contributed by atoms with Gasteiger partial charge in [0.25, 0.3) is 5.56 Å². The second kappa shape index (κ2) is 8.03. The van der Waals surface area contributed by atoms with Crippen LogP contribution in [0.2, 0.25) is 10.0 Å².